The summed E-state index contributed by atoms with van der Waals surface area (Å²) in [6.45, 7) is 6.30. The average molecular weight is 376 g/mol. The molecule has 0 radical (unpaired) electrons. The Morgan fingerprint density at radius 1 is 1.26 bits per heavy atom. The van der Waals surface area contributed by atoms with Crippen LogP contribution in [0.25, 0.3) is 0 Å². The molecule has 1 saturated heterocycles. The molecule has 0 aliphatic carbocycles. The van der Waals surface area contributed by atoms with Gasteiger partial charge in [-0.25, -0.2) is 4.79 Å². The third-order valence-electron chi connectivity index (χ3n) is 4.60. The summed E-state index contributed by atoms with van der Waals surface area (Å²) in [5.74, 6) is -0.598. The summed E-state index contributed by atoms with van der Waals surface area (Å²) in [6.07, 6.45) is 3.02. The van der Waals surface area contributed by atoms with Crippen molar-refractivity contribution in [2.75, 3.05) is 19.7 Å². The molecule has 1 aromatic carbocycles. The van der Waals surface area contributed by atoms with E-state index in [1.807, 2.05) is 6.92 Å². The van der Waals surface area contributed by atoms with Crippen LogP contribution in [0.5, 0.6) is 5.75 Å². The van der Waals surface area contributed by atoms with Crippen LogP contribution in [-0.4, -0.2) is 53.5 Å². The van der Waals surface area contributed by atoms with Gasteiger partial charge in [-0.2, -0.15) is 0 Å². The Labute approximate surface area is 159 Å². The maximum atomic E-state index is 12.9. The quantitative estimate of drug-likeness (QED) is 0.761. The van der Waals surface area contributed by atoms with Gasteiger partial charge in [-0.3, -0.25) is 9.59 Å². The number of rotatable bonds is 7. The lowest BCUT2D eigenvalue weighted by Gasteiger charge is -2.33. The van der Waals surface area contributed by atoms with Crippen LogP contribution < -0.4 is 10.1 Å². The van der Waals surface area contributed by atoms with E-state index in [4.69, 9.17) is 9.84 Å². The molecule has 7 heteroatoms. The van der Waals surface area contributed by atoms with Crippen LogP contribution in [0.2, 0.25) is 0 Å². The van der Waals surface area contributed by atoms with Crippen LogP contribution in [0.4, 0.5) is 0 Å². The lowest BCUT2D eigenvalue weighted by atomic mass is 10.0. The van der Waals surface area contributed by atoms with Gasteiger partial charge >= 0.3 is 5.97 Å². The summed E-state index contributed by atoms with van der Waals surface area (Å²) < 4.78 is 5.32. The largest absolute Gasteiger partial charge is 0.481 e. The molecule has 0 bridgehead atoms. The zero-order chi connectivity index (χ0) is 20.0. The number of likely N-dealkylation sites (tertiary alicyclic amines) is 1. The second-order valence-corrected chi connectivity index (χ2v) is 7.03. The Morgan fingerprint density at radius 3 is 2.52 bits per heavy atom. The standard InChI is InChI=1S/C20H28N2O5/c1-4-6-17(23)21-16-7-5-8-22(11-16)20(26)15-9-13(2)19(14(3)10-15)27-12-18(24)25/h9-10,16H,4-8,11-12H2,1-3H3,(H,21,23)(H,24,25). The van der Waals surface area contributed by atoms with E-state index in [-0.39, 0.29) is 17.9 Å². The zero-order valence-electron chi connectivity index (χ0n) is 16.2. The predicted molar refractivity (Wildman–Crippen MR) is 101 cm³/mol. The van der Waals surface area contributed by atoms with Gasteiger partial charge in [-0.15, -0.1) is 0 Å². The van der Waals surface area contributed by atoms with Crippen molar-refractivity contribution in [1.29, 1.82) is 0 Å². The maximum absolute atomic E-state index is 12.9. The second kappa shape index (κ2) is 9.39. The lowest BCUT2D eigenvalue weighted by Crippen LogP contribution is -2.49. The maximum Gasteiger partial charge on any atom is 0.341 e. The minimum atomic E-state index is -1.04. The minimum absolute atomic E-state index is 0.0119. The van der Waals surface area contributed by atoms with Gasteiger partial charge in [0.25, 0.3) is 5.91 Å². The number of amides is 2. The number of hydrogen-bond donors (Lipinski definition) is 2. The molecule has 0 saturated carbocycles. The van der Waals surface area contributed by atoms with Gasteiger partial charge in [0, 0.05) is 31.1 Å². The number of benzene rings is 1. The lowest BCUT2D eigenvalue weighted by molar-refractivity contribution is -0.139. The first-order valence-corrected chi connectivity index (χ1v) is 9.36. The van der Waals surface area contributed by atoms with Crippen molar-refractivity contribution < 1.29 is 24.2 Å². The number of carboxylic acid groups (broad SMARTS) is 1. The topological polar surface area (TPSA) is 95.9 Å². The Kier molecular flexibility index (Phi) is 7.21. The van der Waals surface area contributed by atoms with Crippen LogP contribution in [-0.2, 0) is 9.59 Å². The van der Waals surface area contributed by atoms with Crippen LogP contribution in [0, 0.1) is 13.8 Å². The number of carboxylic acids is 1. The molecular formula is C20H28N2O5. The van der Waals surface area contributed by atoms with Crippen molar-refractivity contribution in [2.45, 2.75) is 52.5 Å². The van der Waals surface area contributed by atoms with Crippen LogP contribution in [0.1, 0.15) is 54.1 Å². The van der Waals surface area contributed by atoms with Crippen molar-refractivity contribution >= 4 is 17.8 Å². The molecular weight excluding hydrogens is 348 g/mol. The molecule has 1 unspecified atom stereocenters. The summed E-state index contributed by atoms with van der Waals surface area (Å²) in [6, 6.07) is 3.44. The second-order valence-electron chi connectivity index (χ2n) is 7.03. The number of aryl methyl sites for hydroxylation is 2. The third-order valence-corrected chi connectivity index (χ3v) is 4.60. The summed E-state index contributed by atoms with van der Waals surface area (Å²) >= 11 is 0. The number of piperidine rings is 1. The fourth-order valence-electron chi connectivity index (χ4n) is 3.42. The normalized spacial score (nSPS) is 16.7. The van der Waals surface area contributed by atoms with Crippen LogP contribution >= 0.6 is 0 Å². The van der Waals surface area contributed by atoms with Crippen molar-refractivity contribution in [3.63, 3.8) is 0 Å². The van der Waals surface area contributed by atoms with Gasteiger partial charge in [0.15, 0.2) is 6.61 Å². The smallest absolute Gasteiger partial charge is 0.341 e. The van der Waals surface area contributed by atoms with Gasteiger partial charge < -0.3 is 20.1 Å². The molecule has 1 fully saturated rings. The van der Waals surface area contributed by atoms with Gasteiger partial charge in [-0.1, -0.05) is 6.92 Å². The molecule has 1 aromatic rings. The molecule has 7 nitrogen and oxygen atoms in total. The van der Waals surface area contributed by atoms with E-state index in [1.165, 1.54) is 0 Å². The first-order chi connectivity index (χ1) is 12.8. The average Bonchev–Trinajstić information content (AvgIpc) is 2.60. The van der Waals surface area contributed by atoms with Gasteiger partial charge in [0.1, 0.15) is 5.75 Å². The summed E-state index contributed by atoms with van der Waals surface area (Å²) in [4.78, 5) is 37.2. The van der Waals surface area contributed by atoms with E-state index >= 15 is 0 Å². The van der Waals surface area contributed by atoms with E-state index in [2.05, 4.69) is 5.32 Å². The fourth-order valence-corrected chi connectivity index (χ4v) is 3.42. The number of ether oxygens (including phenoxy) is 1. The highest BCUT2D eigenvalue weighted by Gasteiger charge is 2.26. The van der Waals surface area contributed by atoms with E-state index in [9.17, 15) is 14.4 Å². The van der Waals surface area contributed by atoms with Crippen LogP contribution in [0.3, 0.4) is 0 Å². The molecule has 27 heavy (non-hydrogen) atoms. The predicted octanol–water partition coefficient (Wildman–Crippen LogP) is 2.29. The number of nitrogens with one attached hydrogen (secondary N) is 1. The fraction of sp³-hybridized carbons (Fsp3) is 0.550. The molecule has 1 atom stereocenters. The molecule has 2 amide bonds. The summed E-state index contributed by atoms with van der Waals surface area (Å²) in [5.41, 5.74) is 2.00. The van der Waals surface area contributed by atoms with E-state index < -0.39 is 12.6 Å². The van der Waals surface area contributed by atoms with E-state index in [0.29, 0.717) is 30.8 Å². The Morgan fingerprint density at radius 2 is 1.93 bits per heavy atom. The number of carbonyl (C=O) groups excluding carboxylic acids is 2. The van der Waals surface area contributed by atoms with E-state index in [1.54, 1.807) is 30.9 Å². The highest BCUT2D eigenvalue weighted by atomic mass is 16.5. The molecule has 1 aliphatic rings. The number of carbonyl (C=O) groups is 3. The van der Waals surface area contributed by atoms with Crippen LogP contribution in [0.15, 0.2) is 12.1 Å². The summed E-state index contributed by atoms with van der Waals surface area (Å²) in [7, 11) is 0. The molecule has 148 valence electrons. The van der Waals surface area contributed by atoms with Crippen molar-refractivity contribution in [2.24, 2.45) is 0 Å². The Balaban J connectivity index is 2.08. The number of aliphatic carboxylic acids is 1. The molecule has 0 aromatic heterocycles. The first-order valence-electron chi connectivity index (χ1n) is 9.36. The molecule has 1 heterocycles. The molecule has 0 spiro atoms. The zero-order valence-corrected chi connectivity index (χ0v) is 16.2. The van der Waals surface area contributed by atoms with E-state index in [0.717, 1.165) is 30.4 Å². The summed E-state index contributed by atoms with van der Waals surface area (Å²) in [5, 5.41) is 11.8. The SMILES string of the molecule is CCCC(=O)NC1CCCN(C(=O)c2cc(C)c(OCC(=O)O)c(C)c2)C1. The van der Waals surface area contributed by atoms with Gasteiger partial charge in [-0.05, 0) is 56.4 Å². The highest BCUT2D eigenvalue weighted by Crippen LogP contribution is 2.26. The third kappa shape index (κ3) is 5.70. The monoisotopic (exact) mass is 376 g/mol. The molecule has 2 N–H and O–H groups in total. The first kappa shape index (κ1) is 20.7. The number of hydrogen-bond acceptors (Lipinski definition) is 4. The molecule has 2 rings (SSSR count). The Bertz CT molecular complexity index is 693. The van der Waals surface area contributed by atoms with Crippen molar-refractivity contribution in [3.05, 3.63) is 28.8 Å². The number of nitrogens with zero attached hydrogens (tertiary/aromatic N) is 1. The van der Waals surface area contributed by atoms with Gasteiger partial charge in [0.2, 0.25) is 5.91 Å². The minimum Gasteiger partial charge on any atom is -0.481 e. The van der Waals surface area contributed by atoms with Gasteiger partial charge in [0.05, 0.1) is 0 Å². The van der Waals surface area contributed by atoms with Crippen molar-refractivity contribution in [3.8, 4) is 5.75 Å². The Hall–Kier alpha value is -2.57. The highest BCUT2D eigenvalue weighted by molar-refractivity contribution is 5.95. The molecule has 1 aliphatic heterocycles. The van der Waals surface area contributed by atoms with Crippen molar-refractivity contribution in [1.82, 2.24) is 10.2 Å².